The first-order valence-electron chi connectivity index (χ1n) is 6.51. The van der Waals surface area contributed by atoms with Crippen molar-refractivity contribution in [3.8, 4) is 0 Å². The number of likely N-dealkylation sites (N-methyl/N-ethyl adjacent to an activating group) is 1. The standard InChI is InChI=1S/C13H19N5O2/c1-8-3-4-9(11(14)19)12(17-8)18-6-5-16-7-10(18)13(20)15-2/h3-4,10,16H,5-7H2,1-2H3,(H2,14,19)(H,15,20). The van der Waals surface area contributed by atoms with Crippen molar-refractivity contribution in [1.29, 1.82) is 0 Å². The van der Waals surface area contributed by atoms with Crippen LogP contribution in [-0.2, 0) is 4.79 Å². The van der Waals surface area contributed by atoms with Crippen LogP contribution >= 0.6 is 0 Å². The van der Waals surface area contributed by atoms with E-state index in [1.165, 1.54) is 0 Å². The molecule has 1 saturated heterocycles. The van der Waals surface area contributed by atoms with Gasteiger partial charge in [-0.1, -0.05) is 0 Å². The van der Waals surface area contributed by atoms with Crippen LogP contribution in [0.25, 0.3) is 0 Å². The summed E-state index contributed by atoms with van der Waals surface area (Å²) in [5.41, 5.74) is 6.52. The van der Waals surface area contributed by atoms with E-state index >= 15 is 0 Å². The number of carbonyl (C=O) groups is 2. The molecule has 7 heteroatoms. The largest absolute Gasteiger partial charge is 0.365 e. The van der Waals surface area contributed by atoms with Gasteiger partial charge in [-0.05, 0) is 19.1 Å². The maximum Gasteiger partial charge on any atom is 0.252 e. The summed E-state index contributed by atoms with van der Waals surface area (Å²) in [6.07, 6.45) is 0. The second-order valence-electron chi connectivity index (χ2n) is 4.72. The Hall–Kier alpha value is -2.15. The predicted octanol–water partition coefficient (Wildman–Crippen LogP) is -0.987. The fraction of sp³-hybridized carbons (Fsp3) is 0.462. The first-order chi connectivity index (χ1) is 9.54. The van der Waals surface area contributed by atoms with Crippen LogP contribution in [0, 0.1) is 6.92 Å². The monoisotopic (exact) mass is 277 g/mol. The number of anilines is 1. The van der Waals surface area contributed by atoms with Crippen LogP contribution < -0.4 is 21.3 Å². The first-order valence-corrected chi connectivity index (χ1v) is 6.51. The highest BCUT2D eigenvalue weighted by atomic mass is 16.2. The Bertz CT molecular complexity index is 531. The number of nitrogens with two attached hydrogens (primary N) is 1. The Morgan fingerprint density at radius 1 is 1.50 bits per heavy atom. The van der Waals surface area contributed by atoms with E-state index in [1.54, 1.807) is 19.2 Å². The van der Waals surface area contributed by atoms with Crippen molar-refractivity contribution in [3.63, 3.8) is 0 Å². The molecule has 1 aliphatic rings. The van der Waals surface area contributed by atoms with Crippen molar-refractivity contribution >= 4 is 17.6 Å². The first kappa shape index (κ1) is 14.3. The molecule has 2 heterocycles. The molecule has 0 saturated carbocycles. The molecule has 108 valence electrons. The Morgan fingerprint density at radius 3 is 2.90 bits per heavy atom. The second-order valence-corrected chi connectivity index (χ2v) is 4.72. The lowest BCUT2D eigenvalue weighted by Crippen LogP contribution is -2.58. The molecule has 7 nitrogen and oxygen atoms in total. The Kier molecular flexibility index (Phi) is 4.19. The summed E-state index contributed by atoms with van der Waals surface area (Å²) in [5, 5.41) is 5.80. The average molecular weight is 277 g/mol. The van der Waals surface area contributed by atoms with Gasteiger partial charge in [-0.25, -0.2) is 4.98 Å². The van der Waals surface area contributed by atoms with Gasteiger partial charge in [0.1, 0.15) is 11.9 Å². The zero-order valence-corrected chi connectivity index (χ0v) is 11.6. The van der Waals surface area contributed by atoms with Crippen LogP contribution in [-0.4, -0.2) is 49.5 Å². The van der Waals surface area contributed by atoms with Gasteiger partial charge in [-0.15, -0.1) is 0 Å². The molecule has 0 spiro atoms. The van der Waals surface area contributed by atoms with Crippen molar-refractivity contribution in [3.05, 3.63) is 23.4 Å². The SMILES string of the molecule is CNC(=O)C1CNCCN1c1nc(C)ccc1C(N)=O. The molecule has 2 rings (SSSR count). The molecular weight excluding hydrogens is 258 g/mol. The Labute approximate surface area is 117 Å². The van der Waals surface area contributed by atoms with Gasteiger partial charge in [0, 0.05) is 32.4 Å². The van der Waals surface area contributed by atoms with Gasteiger partial charge in [-0.2, -0.15) is 0 Å². The molecule has 0 bridgehead atoms. The summed E-state index contributed by atoms with van der Waals surface area (Å²) in [4.78, 5) is 29.8. The number of hydrogen-bond donors (Lipinski definition) is 3. The number of pyridine rings is 1. The van der Waals surface area contributed by atoms with Crippen LogP contribution in [0.15, 0.2) is 12.1 Å². The number of amides is 2. The highest BCUT2D eigenvalue weighted by molar-refractivity contribution is 5.98. The summed E-state index contributed by atoms with van der Waals surface area (Å²) >= 11 is 0. The zero-order valence-electron chi connectivity index (χ0n) is 11.6. The maximum atomic E-state index is 12.0. The lowest BCUT2D eigenvalue weighted by atomic mass is 10.1. The van der Waals surface area contributed by atoms with Crippen molar-refractivity contribution in [1.82, 2.24) is 15.6 Å². The minimum Gasteiger partial charge on any atom is -0.365 e. The van der Waals surface area contributed by atoms with Crippen molar-refractivity contribution in [2.45, 2.75) is 13.0 Å². The van der Waals surface area contributed by atoms with E-state index in [0.29, 0.717) is 24.5 Å². The lowest BCUT2D eigenvalue weighted by molar-refractivity contribution is -0.122. The summed E-state index contributed by atoms with van der Waals surface area (Å²) in [6, 6.07) is 2.99. The van der Waals surface area contributed by atoms with E-state index in [2.05, 4.69) is 15.6 Å². The molecule has 20 heavy (non-hydrogen) atoms. The molecule has 4 N–H and O–H groups in total. The Morgan fingerprint density at radius 2 is 2.25 bits per heavy atom. The molecule has 1 fully saturated rings. The van der Waals surface area contributed by atoms with E-state index < -0.39 is 11.9 Å². The molecular formula is C13H19N5O2. The number of nitrogens with zero attached hydrogens (tertiary/aromatic N) is 2. The molecule has 0 radical (unpaired) electrons. The number of rotatable bonds is 3. The molecule has 1 atom stereocenters. The van der Waals surface area contributed by atoms with Gasteiger partial charge in [0.2, 0.25) is 5.91 Å². The summed E-state index contributed by atoms with van der Waals surface area (Å²) in [6.45, 7) is 3.66. The number of hydrogen-bond acceptors (Lipinski definition) is 5. The van der Waals surface area contributed by atoms with Crippen LogP contribution in [0.4, 0.5) is 5.82 Å². The van der Waals surface area contributed by atoms with Crippen LogP contribution in [0.5, 0.6) is 0 Å². The third-order valence-corrected chi connectivity index (χ3v) is 3.34. The summed E-state index contributed by atoms with van der Waals surface area (Å²) in [5.74, 6) is -0.176. The number of aryl methyl sites for hydroxylation is 1. The van der Waals surface area contributed by atoms with E-state index in [9.17, 15) is 9.59 Å². The van der Waals surface area contributed by atoms with Crippen molar-refractivity contribution < 1.29 is 9.59 Å². The summed E-state index contributed by atoms with van der Waals surface area (Å²) < 4.78 is 0. The average Bonchev–Trinajstić information content (AvgIpc) is 2.46. The number of primary amides is 1. The second kappa shape index (κ2) is 5.87. The van der Waals surface area contributed by atoms with Gasteiger partial charge >= 0.3 is 0 Å². The minimum absolute atomic E-state index is 0.115. The molecule has 1 unspecified atom stereocenters. The normalized spacial score (nSPS) is 18.7. The van der Waals surface area contributed by atoms with Crippen molar-refractivity contribution in [2.24, 2.45) is 5.73 Å². The lowest BCUT2D eigenvalue weighted by Gasteiger charge is -2.36. The van der Waals surface area contributed by atoms with Gasteiger partial charge in [0.05, 0.1) is 5.56 Å². The minimum atomic E-state index is -0.540. The molecule has 1 aromatic rings. The van der Waals surface area contributed by atoms with Gasteiger partial charge in [0.25, 0.3) is 5.91 Å². The summed E-state index contributed by atoms with van der Waals surface area (Å²) in [7, 11) is 1.59. The Balaban J connectivity index is 2.44. The topological polar surface area (TPSA) is 100 Å². The number of aromatic nitrogens is 1. The fourth-order valence-corrected chi connectivity index (χ4v) is 2.31. The third-order valence-electron chi connectivity index (χ3n) is 3.34. The quantitative estimate of drug-likeness (QED) is 0.659. The van der Waals surface area contributed by atoms with Crippen molar-refractivity contribution in [2.75, 3.05) is 31.6 Å². The molecule has 1 aromatic heterocycles. The molecule has 0 aromatic carbocycles. The maximum absolute atomic E-state index is 12.0. The zero-order chi connectivity index (χ0) is 14.7. The van der Waals surface area contributed by atoms with Crippen LogP contribution in [0.2, 0.25) is 0 Å². The number of carbonyl (C=O) groups excluding carboxylic acids is 2. The van der Waals surface area contributed by atoms with Gasteiger partial charge in [0.15, 0.2) is 0 Å². The number of piperazine rings is 1. The van der Waals surface area contributed by atoms with Gasteiger partial charge < -0.3 is 21.3 Å². The van der Waals surface area contributed by atoms with E-state index in [0.717, 1.165) is 12.2 Å². The van der Waals surface area contributed by atoms with Gasteiger partial charge in [-0.3, -0.25) is 9.59 Å². The molecule has 1 aliphatic heterocycles. The molecule has 2 amide bonds. The van der Waals surface area contributed by atoms with Crippen LogP contribution in [0.3, 0.4) is 0 Å². The van der Waals surface area contributed by atoms with E-state index in [-0.39, 0.29) is 5.91 Å². The smallest absolute Gasteiger partial charge is 0.252 e. The highest BCUT2D eigenvalue weighted by Crippen LogP contribution is 2.21. The van der Waals surface area contributed by atoms with E-state index in [1.807, 2.05) is 11.8 Å². The van der Waals surface area contributed by atoms with Crippen LogP contribution in [0.1, 0.15) is 16.1 Å². The fourth-order valence-electron chi connectivity index (χ4n) is 2.31. The van der Waals surface area contributed by atoms with E-state index in [4.69, 9.17) is 5.73 Å². The highest BCUT2D eigenvalue weighted by Gasteiger charge is 2.31. The molecule has 0 aliphatic carbocycles. The predicted molar refractivity (Wildman–Crippen MR) is 75.6 cm³/mol. The third kappa shape index (κ3) is 2.72. The number of nitrogens with one attached hydrogen (secondary N) is 2.